The first-order valence-corrected chi connectivity index (χ1v) is 6.79. The molecule has 0 spiro atoms. The molecule has 3 heteroatoms. The van der Waals surface area contributed by atoms with Crippen LogP contribution in [0, 0.1) is 0 Å². The average molecular weight is 266 g/mol. The maximum Gasteiger partial charge on any atom is 0.181 e. The molecule has 0 bridgehead atoms. The third-order valence-corrected chi connectivity index (χ3v) is 3.53. The van der Waals surface area contributed by atoms with Crippen LogP contribution in [0.15, 0.2) is 53.5 Å². The first-order valence-electron chi connectivity index (χ1n) is 6.79. The van der Waals surface area contributed by atoms with E-state index >= 15 is 0 Å². The Morgan fingerprint density at radius 3 is 2.60 bits per heavy atom. The molecule has 3 nitrogen and oxygen atoms in total. The van der Waals surface area contributed by atoms with Crippen LogP contribution < -0.4 is 0 Å². The van der Waals surface area contributed by atoms with Crippen molar-refractivity contribution in [3.05, 3.63) is 54.6 Å². The van der Waals surface area contributed by atoms with Gasteiger partial charge >= 0.3 is 0 Å². The van der Waals surface area contributed by atoms with Gasteiger partial charge in [-0.25, -0.2) is 4.98 Å². The zero-order valence-electron chi connectivity index (χ0n) is 11.8. The van der Waals surface area contributed by atoms with E-state index in [4.69, 9.17) is 4.42 Å². The molecule has 0 saturated heterocycles. The fourth-order valence-corrected chi connectivity index (χ4v) is 2.53. The third kappa shape index (κ3) is 2.45. The summed E-state index contributed by atoms with van der Waals surface area (Å²) in [6.07, 6.45) is 4.22. The summed E-state index contributed by atoms with van der Waals surface area (Å²) >= 11 is 0. The number of hydrogen-bond acceptors (Lipinski definition) is 3. The summed E-state index contributed by atoms with van der Waals surface area (Å²) in [5.74, 6) is 0. The van der Waals surface area contributed by atoms with Gasteiger partial charge in [-0.15, -0.1) is 0 Å². The summed E-state index contributed by atoms with van der Waals surface area (Å²) in [7, 11) is 4.20. The Balaban J connectivity index is 2.15. The Bertz CT molecular complexity index is 697. The number of benzene rings is 2. The van der Waals surface area contributed by atoms with Gasteiger partial charge in [-0.3, -0.25) is 0 Å². The van der Waals surface area contributed by atoms with Crippen molar-refractivity contribution in [2.45, 2.75) is 6.42 Å². The van der Waals surface area contributed by atoms with E-state index in [1.807, 2.05) is 0 Å². The lowest BCUT2D eigenvalue weighted by Crippen LogP contribution is -2.15. The number of nitrogens with zero attached hydrogens (tertiary/aromatic N) is 2. The molecular weight excluding hydrogens is 248 g/mol. The molecular formula is C17H18N2O. The first-order chi connectivity index (χ1) is 9.75. The van der Waals surface area contributed by atoms with Gasteiger partial charge in [0.25, 0.3) is 0 Å². The number of hydrogen-bond donors (Lipinski definition) is 0. The molecule has 0 atom stereocenters. The van der Waals surface area contributed by atoms with Crippen LogP contribution >= 0.6 is 0 Å². The fourth-order valence-electron chi connectivity index (χ4n) is 2.53. The molecule has 0 aliphatic carbocycles. The van der Waals surface area contributed by atoms with Crippen LogP contribution in [0.25, 0.3) is 22.0 Å². The van der Waals surface area contributed by atoms with Gasteiger partial charge in [0.05, 0.1) is 0 Å². The van der Waals surface area contributed by atoms with Crippen molar-refractivity contribution < 1.29 is 4.42 Å². The maximum atomic E-state index is 5.14. The highest BCUT2D eigenvalue weighted by atomic mass is 16.3. The number of aromatic nitrogens is 1. The van der Waals surface area contributed by atoms with Crippen LogP contribution in [-0.4, -0.2) is 30.5 Å². The van der Waals surface area contributed by atoms with Gasteiger partial charge in [0.2, 0.25) is 0 Å². The minimum Gasteiger partial charge on any atom is -0.451 e. The van der Waals surface area contributed by atoms with E-state index in [1.165, 1.54) is 22.7 Å². The standard InChI is InChI=1S/C17H18N2O/c1-19(2)10-9-14-6-3-5-13-7-4-8-15(17(13)14)16-11-20-12-18-16/h3-8,11-12H,9-10H2,1-2H3. The van der Waals surface area contributed by atoms with E-state index in [2.05, 4.69) is 60.4 Å². The maximum absolute atomic E-state index is 5.14. The third-order valence-electron chi connectivity index (χ3n) is 3.53. The topological polar surface area (TPSA) is 29.3 Å². The Morgan fingerprint density at radius 1 is 1.10 bits per heavy atom. The van der Waals surface area contributed by atoms with E-state index in [1.54, 1.807) is 6.26 Å². The summed E-state index contributed by atoms with van der Waals surface area (Å²) in [4.78, 5) is 6.50. The fraction of sp³-hybridized carbons (Fsp3) is 0.235. The molecule has 0 unspecified atom stereocenters. The van der Waals surface area contributed by atoms with Gasteiger partial charge in [-0.1, -0.05) is 36.4 Å². The number of oxazole rings is 1. The van der Waals surface area contributed by atoms with Crippen molar-refractivity contribution in [2.24, 2.45) is 0 Å². The molecule has 0 aliphatic rings. The smallest absolute Gasteiger partial charge is 0.181 e. The second-order valence-electron chi connectivity index (χ2n) is 5.25. The van der Waals surface area contributed by atoms with E-state index < -0.39 is 0 Å². The van der Waals surface area contributed by atoms with Gasteiger partial charge < -0.3 is 9.32 Å². The molecule has 3 rings (SSSR count). The van der Waals surface area contributed by atoms with Gasteiger partial charge in [0.15, 0.2) is 6.39 Å². The lowest BCUT2D eigenvalue weighted by Gasteiger charge is -2.13. The molecule has 1 aromatic heterocycles. The monoisotopic (exact) mass is 266 g/mol. The molecule has 0 N–H and O–H groups in total. The molecule has 1 heterocycles. The molecule has 0 radical (unpaired) electrons. The summed E-state index contributed by atoms with van der Waals surface area (Å²) in [5.41, 5.74) is 3.40. The zero-order chi connectivity index (χ0) is 13.9. The second kappa shape index (κ2) is 5.47. The highest BCUT2D eigenvalue weighted by Gasteiger charge is 2.10. The summed E-state index contributed by atoms with van der Waals surface area (Å²) in [6.45, 7) is 1.03. The van der Waals surface area contributed by atoms with E-state index in [0.29, 0.717) is 0 Å². The first kappa shape index (κ1) is 12.9. The molecule has 0 amide bonds. The van der Waals surface area contributed by atoms with Crippen LogP contribution in [0.3, 0.4) is 0 Å². The molecule has 2 aromatic carbocycles. The van der Waals surface area contributed by atoms with E-state index in [9.17, 15) is 0 Å². The van der Waals surface area contributed by atoms with Gasteiger partial charge in [0, 0.05) is 12.1 Å². The zero-order valence-corrected chi connectivity index (χ0v) is 11.8. The normalized spacial score (nSPS) is 11.3. The van der Waals surface area contributed by atoms with Crippen molar-refractivity contribution in [1.82, 2.24) is 9.88 Å². The van der Waals surface area contributed by atoms with Crippen LogP contribution in [-0.2, 0) is 6.42 Å². The molecule has 3 aromatic rings. The Hall–Kier alpha value is -2.13. The van der Waals surface area contributed by atoms with Crippen molar-refractivity contribution in [3.8, 4) is 11.3 Å². The summed E-state index contributed by atoms with van der Waals surface area (Å²) < 4.78 is 5.14. The van der Waals surface area contributed by atoms with Gasteiger partial charge in [-0.2, -0.15) is 0 Å². The molecule has 0 aliphatic heterocycles. The molecule has 20 heavy (non-hydrogen) atoms. The van der Waals surface area contributed by atoms with Crippen LogP contribution in [0.2, 0.25) is 0 Å². The highest BCUT2D eigenvalue weighted by Crippen LogP contribution is 2.30. The van der Waals surface area contributed by atoms with Crippen molar-refractivity contribution in [1.29, 1.82) is 0 Å². The largest absolute Gasteiger partial charge is 0.451 e. The van der Waals surface area contributed by atoms with Crippen LogP contribution in [0.5, 0.6) is 0 Å². The number of rotatable bonds is 4. The molecule has 102 valence electrons. The lowest BCUT2D eigenvalue weighted by atomic mass is 9.96. The molecule has 0 fully saturated rings. The van der Waals surface area contributed by atoms with Crippen LogP contribution in [0.4, 0.5) is 0 Å². The van der Waals surface area contributed by atoms with E-state index in [-0.39, 0.29) is 0 Å². The average Bonchev–Trinajstić information content (AvgIpc) is 2.98. The lowest BCUT2D eigenvalue weighted by molar-refractivity contribution is 0.414. The second-order valence-corrected chi connectivity index (χ2v) is 5.25. The summed E-state index contributed by atoms with van der Waals surface area (Å²) in [6, 6.07) is 12.8. The Morgan fingerprint density at radius 2 is 1.90 bits per heavy atom. The quantitative estimate of drug-likeness (QED) is 0.722. The Kier molecular flexibility index (Phi) is 3.52. The Labute approximate surface area is 118 Å². The summed E-state index contributed by atoms with van der Waals surface area (Å²) in [5, 5.41) is 2.53. The minimum absolute atomic E-state index is 0.896. The van der Waals surface area contributed by atoms with Crippen molar-refractivity contribution in [3.63, 3.8) is 0 Å². The predicted molar refractivity (Wildman–Crippen MR) is 81.7 cm³/mol. The number of likely N-dealkylation sites (N-methyl/N-ethyl adjacent to an activating group) is 1. The van der Waals surface area contributed by atoms with Crippen LogP contribution in [0.1, 0.15) is 5.56 Å². The highest BCUT2D eigenvalue weighted by molar-refractivity contribution is 5.98. The predicted octanol–water partition coefficient (Wildman–Crippen LogP) is 3.60. The van der Waals surface area contributed by atoms with Gasteiger partial charge in [-0.05, 0) is 36.9 Å². The van der Waals surface area contributed by atoms with Gasteiger partial charge in [0.1, 0.15) is 12.0 Å². The minimum atomic E-state index is 0.896. The van der Waals surface area contributed by atoms with Crippen molar-refractivity contribution >= 4 is 10.8 Å². The van der Waals surface area contributed by atoms with E-state index in [0.717, 1.165) is 24.2 Å². The van der Waals surface area contributed by atoms with Crippen molar-refractivity contribution in [2.75, 3.05) is 20.6 Å². The SMILES string of the molecule is CN(C)CCc1cccc2cccc(-c3cocn3)c12. The molecule has 0 saturated carbocycles. The number of fused-ring (bicyclic) bond motifs is 1.